The van der Waals surface area contributed by atoms with Gasteiger partial charge in [0.25, 0.3) is 5.91 Å². The van der Waals surface area contributed by atoms with Crippen LogP contribution in [0.1, 0.15) is 22.6 Å². The molecule has 0 radical (unpaired) electrons. The zero-order valence-corrected chi connectivity index (χ0v) is 19.7. The summed E-state index contributed by atoms with van der Waals surface area (Å²) in [5.74, 6) is 0.000173. The first-order valence-electron chi connectivity index (χ1n) is 10.1. The van der Waals surface area contributed by atoms with Crippen LogP contribution in [0.2, 0.25) is 10.0 Å². The zero-order valence-electron chi connectivity index (χ0n) is 18.2. The standard InChI is InChI=1S/C24H22Cl2N4O2/c1-13-5-8-17(9-6-13)30-16(4)22(15(3)29-30)28-21(31)12-32-24-20(26)11-19(25)18-10-7-14(2)27-23(18)24/h5-11H,12H2,1-4H3,(H,28,31). The third-order valence-electron chi connectivity index (χ3n) is 5.16. The van der Waals surface area contributed by atoms with Gasteiger partial charge in [-0.25, -0.2) is 9.67 Å². The van der Waals surface area contributed by atoms with Crippen LogP contribution in [0.15, 0.2) is 42.5 Å². The minimum absolute atomic E-state index is 0.235. The average Bonchev–Trinajstić information content (AvgIpc) is 3.02. The van der Waals surface area contributed by atoms with Gasteiger partial charge in [-0.1, -0.05) is 40.9 Å². The SMILES string of the molecule is Cc1ccc(-n2nc(C)c(NC(=O)COc3c(Cl)cc(Cl)c4ccc(C)nc34)c2C)cc1. The van der Waals surface area contributed by atoms with E-state index in [0.29, 0.717) is 38.1 Å². The van der Waals surface area contributed by atoms with Crippen molar-refractivity contribution in [3.63, 3.8) is 0 Å². The molecule has 2 heterocycles. The van der Waals surface area contributed by atoms with Crippen molar-refractivity contribution in [2.45, 2.75) is 27.7 Å². The molecule has 4 rings (SSSR count). The number of fused-ring (bicyclic) bond motifs is 1. The molecular weight excluding hydrogens is 447 g/mol. The van der Waals surface area contributed by atoms with E-state index in [1.165, 1.54) is 5.56 Å². The van der Waals surface area contributed by atoms with Gasteiger partial charge in [0.2, 0.25) is 0 Å². The van der Waals surface area contributed by atoms with Crippen molar-refractivity contribution < 1.29 is 9.53 Å². The molecule has 0 aliphatic heterocycles. The van der Waals surface area contributed by atoms with Crippen molar-refractivity contribution in [3.8, 4) is 11.4 Å². The number of aromatic nitrogens is 3. The molecule has 0 atom stereocenters. The van der Waals surface area contributed by atoms with Crippen molar-refractivity contribution in [1.29, 1.82) is 0 Å². The molecule has 1 amide bonds. The summed E-state index contributed by atoms with van der Waals surface area (Å²) in [6.45, 7) is 7.42. The zero-order chi connectivity index (χ0) is 23.0. The van der Waals surface area contributed by atoms with Crippen LogP contribution in [0.25, 0.3) is 16.6 Å². The first kappa shape index (κ1) is 22.1. The monoisotopic (exact) mass is 468 g/mol. The number of nitrogens with one attached hydrogen (secondary N) is 1. The lowest BCUT2D eigenvalue weighted by atomic mass is 10.2. The molecule has 4 aromatic rings. The Morgan fingerprint density at radius 3 is 2.47 bits per heavy atom. The van der Waals surface area contributed by atoms with Crippen LogP contribution in [0, 0.1) is 27.7 Å². The van der Waals surface area contributed by atoms with Crippen LogP contribution in [0.3, 0.4) is 0 Å². The topological polar surface area (TPSA) is 69.0 Å². The number of carbonyl (C=O) groups is 1. The fraction of sp³-hybridized carbons (Fsp3) is 0.208. The molecular formula is C24H22Cl2N4O2. The summed E-state index contributed by atoms with van der Waals surface area (Å²) in [6.07, 6.45) is 0. The Bertz CT molecular complexity index is 1330. The molecule has 0 spiro atoms. The Balaban J connectivity index is 1.55. The van der Waals surface area contributed by atoms with E-state index in [2.05, 4.69) is 15.4 Å². The van der Waals surface area contributed by atoms with Crippen molar-refractivity contribution in [2.75, 3.05) is 11.9 Å². The molecule has 164 valence electrons. The van der Waals surface area contributed by atoms with Crippen molar-refractivity contribution >= 4 is 45.7 Å². The third kappa shape index (κ3) is 4.29. The average molecular weight is 469 g/mol. The van der Waals surface area contributed by atoms with E-state index < -0.39 is 0 Å². The smallest absolute Gasteiger partial charge is 0.262 e. The van der Waals surface area contributed by atoms with Crippen LogP contribution >= 0.6 is 23.2 Å². The van der Waals surface area contributed by atoms with Crippen molar-refractivity contribution in [2.24, 2.45) is 0 Å². The van der Waals surface area contributed by atoms with E-state index in [0.717, 1.165) is 17.1 Å². The van der Waals surface area contributed by atoms with E-state index in [-0.39, 0.29) is 12.5 Å². The highest BCUT2D eigenvalue weighted by molar-refractivity contribution is 6.39. The van der Waals surface area contributed by atoms with Gasteiger partial charge in [0.05, 0.1) is 32.8 Å². The second kappa shape index (κ2) is 8.81. The fourth-order valence-electron chi connectivity index (χ4n) is 3.50. The van der Waals surface area contributed by atoms with Crippen LogP contribution in [0.5, 0.6) is 5.75 Å². The number of benzene rings is 2. The summed E-state index contributed by atoms with van der Waals surface area (Å²) in [5, 5.41) is 8.96. The maximum absolute atomic E-state index is 12.7. The molecule has 2 aromatic heterocycles. The number of amides is 1. The minimum Gasteiger partial charge on any atom is -0.480 e. The highest BCUT2D eigenvalue weighted by Gasteiger charge is 2.18. The van der Waals surface area contributed by atoms with E-state index in [1.807, 2.05) is 68.8 Å². The highest BCUT2D eigenvalue weighted by atomic mass is 35.5. The largest absolute Gasteiger partial charge is 0.480 e. The molecule has 32 heavy (non-hydrogen) atoms. The summed E-state index contributed by atoms with van der Waals surface area (Å²) in [5.41, 5.74) is 5.60. The number of hydrogen-bond acceptors (Lipinski definition) is 4. The van der Waals surface area contributed by atoms with Crippen molar-refractivity contribution in [1.82, 2.24) is 14.8 Å². The summed E-state index contributed by atoms with van der Waals surface area (Å²) < 4.78 is 7.59. The Morgan fingerprint density at radius 1 is 1.03 bits per heavy atom. The molecule has 0 aliphatic rings. The summed E-state index contributed by atoms with van der Waals surface area (Å²) in [6, 6.07) is 13.3. The quantitative estimate of drug-likeness (QED) is 0.391. The van der Waals surface area contributed by atoms with E-state index >= 15 is 0 Å². The number of rotatable bonds is 5. The number of hydrogen-bond donors (Lipinski definition) is 1. The van der Waals surface area contributed by atoms with Gasteiger partial charge in [0.15, 0.2) is 12.4 Å². The van der Waals surface area contributed by atoms with Gasteiger partial charge >= 0.3 is 0 Å². The summed E-state index contributed by atoms with van der Waals surface area (Å²) in [7, 11) is 0. The van der Waals surface area contributed by atoms with Gasteiger partial charge in [-0.05, 0) is 58.0 Å². The number of anilines is 1. The van der Waals surface area contributed by atoms with Gasteiger partial charge in [-0.2, -0.15) is 5.10 Å². The third-order valence-corrected chi connectivity index (χ3v) is 5.75. The number of pyridine rings is 1. The first-order valence-corrected chi connectivity index (χ1v) is 10.8. The van der Waals surface area contributed by atoms with Crippen LogP contribution in [-0.2, 0) is 4.79 Å². The van der Waals surface area contributed by atoms with Gasteiger partial charge in [0, 0.05) is 11.1 Å². The molecule has 0 saturated heterocycles. The second-order valence-corrected chi connectivity index (χ2v) is 8.46. The molecule has 0 unspecified atom stereocenters. The highest BCUT2D eigenvalue weighted by Crippen LogP contribution is 2.37. The molecule has 8 heteroatoms. The van der Waals surface area contributed by atoms with E-state index in [1.54, 1.807) is 6.07 Å². The van der Waals surface area contributed by atoms with Gasteiger partial charge < -0.3 is 10.1 Å². The van der Waals surface area contributed by atoms with Crippen LogP contribution < -0.4 is 10.1 Å². The summed E-state index contributed by atoms with van der Waals surface area (Å²) in [4.78, 5) is 17.2. The predicted molar refractivity (Wildman–Crippen MR) is 128 cm³/mol. The van der Waals surface area contributed by atoms with Crippen molar-refractivity contribution in [3.05, 3.63) is 75.2 Å². The lowest BCUT2D eigenvalue weighted by Crippen LogP contribution is -2.21. The normalized spacial score (nSPS) is 11.1. The van der Waals surface area contributed by atoms with Crippen LogP contribution in [-0.4, -0.2) is 27.3 Å². The number of aryl methyl sites for hydroxylation is 3. The van der Waals surface area contributed by atoms with Gasteiger partial charge in [-0.3, -0.25) is 4.79 Å². The lowest BCUT2D eigenvalue weighted by molar-refractivity contribution is -0.118. The Hall–Kier alpha value is -3.09. The number of carbonyl (C=O) groups excluding carboxylic acids is 1. The molecule has 6 nitrogen and oxygen atoms in total. The Kier molecular flexibility index (Phi) is 6.09. The molecule has 0 saturated carbocycles. The maximum Gasteiger partial charge on any atom is 0.262 e. The second-order valence-electron chi connectivity index (χ2n) is 7.65. The molecule has 2 aromatic carbocycles. The number of nitrogens with zero attached hydrogens (tertiary/aromatic N) is 3. The minimum atomic E-state index is -0.327. The van der Waals surface area contributed by atoms with Crippen LogP contribution in [0.4, 0.5) is 5.69 Å². The maximum atomic E-state index is 12.7. The van der Waals surface area contributed by atoms with Gasteiger partial charge in [0.1, 0.15) is 5.52 Å². The Labute approximate surface area is 196 Å². The van der Waals surface area contributed by atoms with E-state index in [4.69, 9.17) is 27.9 Å². The lowest BCUT2D eigenvalue weighted by Gasteiger charge is -2.13. The summed E-state index contributed by atoms with van der Waals surface area (Å²) >= 11 is 12.6. The number of halogens is 2. The molecule has 0 fully saturated rings. The predicted octanol–water partition coefficient (Wildman–Crippen LogP) is 5.98. The number of ether oxygens (including phenoxy) is 1. The van der Waals surface area contributed by atoms with E-state index in [9.17, 15) is 4.79 Å². The molecule has 0 bridgehead atoms. The van der Waals surface area contributed by atoms with Gasteiger partial charge in [-0.15, -0.1) is 0 Å². The fourth-order valence-corrected chi connectivity index (χ4v) is 4.07. The molecule has 0 aliphatic carbocycles. The molecule has 1 N–H and O–H groups in total. The Morgan fingerprint density at radius 2 is 1.75 bits per heavy atom. The first-order chi connectivity index (χ1) is 15.2.